The molecule has 3 aliphatic rings. The minimum absolute atomic E-state index is 0.0233. The van der Waals surface area contributed by atoms with E-state index in [1.165, 1.54) is 33.4 Å². The lowest BCUT2D eigenvalue weighted by Crippen LogP contribution is -2.01. The van der Waals surface area contributed by atoms with Gasteiger partial charge in [0.2, 0.25) is 5.78 Å². The van der Waals surface area contributed by atoms with Crippen molar-refractivity contribution in [1.82, 2.24) is 0 Å². The number of fused-ring (bicyclic) bond motifs is 1. The van der Waals surface area contributed by atoms with E-state index in [4.69, 9.17) is 0 Å². The highest BCUT2D eigenvalue weighted by atomic mass is 79.9. The van der Waals surface area contributed by atoms with Crippen molar-refractivity contribution in [2.45, 2.75) is 33.6 Å². The van der Waals surface area contributed by atoms with E-state index >= 15 is 0 Å². The number of allylic oxidation sites excluding steroid dienone is 5. The number of aryl methyl sites for hydroxylation is 2. The largest absolute Gasteiger partial charge is 0.287 e. The van der Waals surface area contributed by atoms with Crippen molar-refractivity contribution in [1.29, 1.82) is 0 Å². The van der Waals surface area contributed by atoms with Crippen LogP contribution in [0.3, 0.4) is 0 Å². The van der Waals surface area contributed by atoms with E-state index in [9.17, 15) is 4.79 Å². The Bertz CT molecular complexity index is 905. The number of carbonyl (C=O) groups excluding carboxylic acids is 1. The van der Waals surface area contributed by atoms with E-state index in [0.717, 1.165) is 5.57 Å². The fraction of sp³-hybridized carbons (Fsp3) is 0.227. The maximum Gasteiger partial charge on any atom is 0.206 e. The van der Waals surface area contributed by atoms with Gasteiger partial charge in [-0.25, -0.2) is 0 Å². The number of halogens is 2. The summed E-state index contributed by atoms with van der Waals surface area (Å²) in [5.41, 5.74) is 8.66. The van der Waals surface area contributed by atoms with E-state index < -0.39 is 0 Å². The van der Waals surface area contributed by atoms with Crippen LogP contribution in [0.1, 0.15) is 42.0 Å². The maximum absolute atomic E-state index is 11.9. The van der Waals surface area contributed by atoms with Gasteiger partial charge in [0.25, 0.3) is 0 Å². The van der Waals surface area contributed by atoms with Gasteiger partial charge in [-0.15, -0.1) is 0 Å². The molecule has 0 saturated carbocycles. The normalized spacial score (nSPS) is 14.8. The first-order valence-corrected chi connectivity index (χ1v) is 9.91. The quantitative estimate of drug-likeness (QED) is 0.469. The molecule has 0 unspecified atom stereocenters. The zero-order valence-corrected chi connectivity index (χ0v) is 18.0. The van der Waals surface area contributed by atoms with Gasteiger partial charge in [-0.3, -0.25) is 4.79 Å². The molecule has 0 saturated heterocycles. The molecule has 0 amide bonds. The zero-order chi connectivity index (χ0) is 18.3. The predicted octanol–water partition coefficient (Wildman–Crippen LogP) is 7.06. The Hall–Kier alpha value is -1.45. The summed E-state index contributed by atoms with van der Waals surface area (Å²) in [6, 6.07) is 8.98. The third-order valence-corrected chi connectivity index (χ3v) is 5.77. The summed E-state index contributed by atoms with van der Waals surface area (Å²) in [5, 5.41) is 0. The average molecular weight is 460 g/mol. The van der Waals surface area contributed by atoms with Crippen molar-refractivity contribution < 1.29 is 4.79 Å². The fourth-order valence-corrected chi connectivity index (χ4v) is 4.42. The minimum Gasteiger partial charge on any atom is -0.287 e. The number of Topliss-reactive ketones (excluding diaryl/α,β-unsaturated/α-hetero) is 1. The topological polar surface area (TPSA) is 17.1 Å². The van der Waals surface area contributed by atoms with Gasteiger partial charge >= 0.3 is 0 Å². The second-order valence-electron chi connectivity index (χ2n) is 6.84. The van der Waals surface area contributed by atoms with E-state index in [1.54, 1.807) is 0 Å². The van der Waals surface area contributed by atoms with Crippen LogP contribution in [0.15, 0.2) is 51.0 Å². The number of rotatable bonds is 2. The van der Waals surface area contributed by atoms with Crippen LogP contribution in [-0.4, -0.2) is 5.78 Å². The Morgan fingerprint density at radius 1 is 0.960 bits per heavy atom. The number of ketones is 1. The number of carbonyl (C=O) groups is 1. The third kappa shape index (κ3) is 3.58. The van der Waals surface area contributed by atoms with Gasteiger partial charge in [0, 0.05) is 0 Å². The van der Waals surface area contributed by atoms with Crippen molar-refractivity contribution in [2.75, 3.05) is 0 Å². The van der Waals surface area contributed by atoms with Crippen LogP contribution >= 0.6 is 31.9 Å². The standard InChI is InChI=1S/C22H20Br2O/c1-12(2)16-6-5-13(3)21-17(7-14(4)18(21)11-16)8-15-9-19(23)22(25)20(24)10-15/h5-12H,1-4H3. The first kappa shape index (κ1) is 18.3. The van der Waals surface area contributed by atoms with Crippen molar-refractivity contribution >= 4 is 43.7 Å². The van der Waals surface area contributed by atoms with Gasteiger partial charge in [-0.1, -0.05) is 38.1 Å². The highest BCUT2D eigenvalue weighted by Crippen LogP contribution is 2.38. The summed E-state index contributed by atoms with van der Waals surface area (Å²) in [6.45, 7) is 8.77. The van der Waals surface area contributed by atoms with Crippen LogP contribution in [0.4, 0.5) is 0 Å². The molecule has 0 N–H and O–H groups in total. The molecule has 3 heteroatoms. The molecule has 3 rings (SSSR count). The highest BCUT2D eigenvalue weighted by Gasteiger charge is 2.18. The first-order valence-electron chi connectivity index (χ1n) is 8.32. The van der Waals surface area contributed by atoms with E-state index in [0.29, 0.717) is 14.9 Å². The summed E-state index contributed by atoms with van der Waals surface area (Å²) < 4.78 is 1.15. The van der Waals surface area contributed by atoms with Crippen molar-refractivity contribution in [3.8, 4) is 11.1 Å². The second-order valence-corrected chi connectivity index (χ2v) is 8.55. The zero-order valence-electron chi connectivity index (χ0n) is 14.8. The summed E-state index contributed by atoms with van der Waals surface area (Å²) in [6.07, 6.45) is 5.89. The summed E-state index contributed by atoms with van der Waals surface area (Å²) >= 11 is 6.70. The summed E-state index contributed by atoms with van der Waals surface area (Å²) in [4.78, 5) is 11.9. The molecule has 0 aliphatic heterocycles. The molecule has 0 aromatic heterocycles. The van der Waals surface area contributed by atoms with Crippen molar-refractivity contribution in [3.63, 3.8) is 0 Å². The molecule has 0 spiro atoms. The molecule has 25 heavy (non-hydrogen) atoms. The van der Waals surface area contributed by atoms with Crippen LogP contribution in [-0.2, 0) is 4.79 Å². The van der Waals surface area contributed by atoms with Gasteiger partial charge in [0.15, 0.2) is 0 Å². The smallest absolute Gasteiger partial charge is 0.206 e. The number of hydrogen-bond donors (Lipinski definition) is 0. The lowest BCUT2D eigenvalue weighted by Gasteiger charge is -2.08. The second kappa shape index (κ2) is 7.05. The Kier molecular flexibility index (Phi) is 5.17. The van der Waals surface area contributed by atoms with Crippen molar-refractivity contribution in [3.05, 3.63) is 73.2 Å². The molecule has 1 nitrogen and oxygen atoms in total. The van der Waals surface area contributed by atoms with Gasteiger partial charge < -0.3 is 0 Å². The molecular formula is C22H20Br2O. The Balaban J connectivity index is 2.18. The molecule has 0 aromatic rings. The lowest BCUT2D eigenvalue weighted by atomic mass is 9.99. The first-order chi connectivity index (χ1) is 11.8. The average Bonchev–Trinajstić information content (AvgIpc) is 2.72. The van der Waals surface area contributed by atoms with Crippen LogP contribution < -0.4 is 0 Å². The van der Waals surface area contributed by atoms with Gasteiger partial charge in [-0.05, 0) is 109 Å². The number of hydrogen-bond acceptors (Lipinski definition) is 1. The Morgan fingerprint density at radius 3 is 2.20 bits per heavy atom. The Labute approximate surface area is 166 Å². The summed E-state index contributed by atoms with van der Waals surface area (Å²) in [5.74, 6) is 0.470. The predicted molar refractivity (Wildman–Crippen MR) is 114 cm³/mol. The highest BCUT2D eigenvalue weighted by molar-refractivity contribution is 9.13. The monoisotopic (exact) mass is 458 g/mol. The van der Waals surface area contributed by atoms with Gasteiger partial charge in [0.05, 0.1) is 8.96 Å². The molecule has 0 aromatic carbocycles. The van der Waals surface area contributed by atoms with Crippen LogP contribution in [0.2, 0.25) is 0 Å². The van der Waals surface area contributed by atoms with Crippen molar-refractivity contribution in [2.24, 2.45) is 0 Å². The summed E-state index contributed by atoms with van der Waals surface area (Å²) in [7, 11) is 0. The van der Waals surface area contributed by atoms with Gasteiger partial charge in [0.1, 0.15) is 0 Å². The molecule has 0 radical (unpaired) electrons. The molecule has 128 valence electrons. The van der Waals surface area contributed by atoms with Crippen LogP contribution in [0.25, 0.3) is 17.2 Å². The fourth-order valence-electron chi connectivity index (χ4n) is 3.20. The molecule has 0 fully saturated rings. The lowest BCUT2D eigenvalue weighted by molar-refractivity contribution is -0.110. The van der Waals surface area contributed by atoms with Crippen LogP contribution in [0.5, 0.6) is 0 Å². The van der Waals surface area contributed by atoms with Crippen LogP contribution in [0, 0.1) is 13.8 Å². The molecular weight excluding hydrogens is 440 g/mol. The van der Waals surface area contributed by atoms with E-state index in [1.807, 2.05) is 12.2 Å². The van der Waals surface area contributed by atoms with E-state index in [-0.39, 0.29) is 5.78 Å². The van der Waals surface area contributed by atoms with E-state index in [2.05, 4.69) is 89.9 Å². The molecule has 0 heterocycles. The van der Waals surface area contributed by atoms with Gasteiger partial charge in [-0.2, -0.15) is 0 Å². The maximum atomic E-state index is 11.9. The molecule has 3 aliphatic carbocycles. The molecule has 0 atom stereocenters. The third-order valence-electron chi connectivity index (χ3n) is 4.60. The SMILES string of the molecule is Cc1cc(C=C2C=C(Br)C(=O)C(Br)=C2)c2c(C)ccc(C(C)C)cc1-2. The Morgan fingerprint density at radius 2 is 1.60 bits per heavy atom. The molecule has 0 bridgehead atoms. The minimum atomic E-state index is -0.0233.